The predicted molar refractivity (Wildman–Crippen MR) is 74.6 cm³/mol. The molecule has 5 heteroatoms. The third-order valence-corrected chi connectivity index (χ3v) is 2.64. The van der Waals surface area contributed by atoms with Gasteiger partial charge in [-0.2, -0.15) is 0 Å². The Balaban J connectivity index is 2.76. The van der Waals surface area contributed by atoms with Gasteiger partial charge in [-0.05, 0) is 38.5 Å². The number of benzene rings is 1. The van der Waals surface area contributed by atoms with Gasteiger partial charge in [-0.25, -0.2) is 0 Å². The minimum Gasteiger partial charge on any atom is -0.493 e. The maximum Gasteiger partial charge on any atom is 0.303 e. The van der Waals surface area contributed by atoms with E-state index in [0.717, 1.165) is 0 Å². The van der Waals surface area contributed by atoms with Crippen LogP contribution in [0.15, 0.2) is 18.2 Å². The third-order valence-electron chi connectivity index (χ3n) is 2.64. The minimum atomic E-state index is -0.893. The summed E-state index contributed by atoms with van der Waals surface area (Å²) in [6.07, 6.45) is 0.554. The van der Waals surface area contributed by atoms with Gasteiger partial charge >= 0.3 is 5.97 Å². The first kappa shape index (κ1) is 16.0. The van der Waals surface area contributed by atoms with E-state index in [2.05, 4.69) is 0 Å². The Kier molecular flexibility index (Phi) is 6.03. The van der Waals surface area contributed by atoms with E-state index in [9.17, 15) is 9.59 Å². The Morgan fingerprint density at radius 3 is 2.45 bits per heavy atom. The van der Waals surface area contributed by atoms with E-state index < -0.39 is 5.97 Å². The van der Waals surface area contributed by atoms with Crippen molar-refractivity contribution >= 4 is 11.8 Å². The normalized spacial score (nSPS) is 10.4. The monoisotopic (exact) mass is 280 g/mol. The maximum absolute atomic E-state index is 11.9. The van der Waals surface area contributed by atoms with Crippen LogP contribution < -0.4 is 9.47 Å². The zero-order valence-corrected chi connectivity index (χ0v) is 12.0. The molecule has 0 aliphatic carbocycles. The number of methoxy groups -OCH3 is 1. The summed E-state index contributed by atoms with van der Waals surface area (Å²) < 4.78 is 10.8. The van der Waals surface area contributed by atoms with E-state index in [0.29, 0.717) is 23.5 Å². The van der Waals surface area contributed by atoms with Gasteiger partial charge in [-0.3, -0.25) is 9.59 Å². The third kappa shape index (κ3) is 4.91. The lowest BCUT2D eigenvalue weighted by molar-refractivity contribution is -0.137. The molecule has 0 spiro atoms. The molecule has 1 aromatic carbocycles. The summed E-state index contributed by atoms with van der Waals surface area (Å²) in [5, 5.41) is 8.55. The van der Waals surface area contributed by atoms with Crippen LogP contribution in [0.4, 0.5) is 0 Å². The second-order valence-corrected chi connectivity index (χ2v) is 4.70. The molecule has 0 aliphatic rings. The number of carboxylic acid groups (broad SMARTS) is 1. The number of carbonyl (C=O) groups is 2. The number of carboxylic acids is 1. The largest absolute Gasteiger partial charge is 0.493 e. The van der Waals surface area contributed by atoms with Crippen molar-refractivity contribution in [3.63, 3.8) is 0 Å². The summed E-state index contributed by atoms with van der Waals surface area (Å²) in [5.74, 6) is 0.101. The first-order valence-corrected chi connectivity index (χ1v) is 6.53. The molecule has 0 fully saturated rings. The second kappa shape index (κ2) is 7.53. The van der Waals surface area contributed by atoms with E-state index in [1.54, 1.807) is 18.2 Å². The first-order valence-electron chi connectivity index (χ1n) is 6.53. The van der Waals surface area contributed by atoms with Crippen LogP contribution >= 0.6 is 0 Å². The lowest BCUT2D eigenvalue weighted by Gasteiger charge is -2.14. The van der Waals surface area contributed by atoms with Crippen LogP contribution in [0.1, 0.15) is 43.5 Å². The molecule has 1 rings (SSSR count). The molecule has 110 valence electrons. The van der Waals surface area contributed by atoms with E-state index >= 15 is 0 Å². The van der Waals surface area contributed by atoms with E-state index in [4.69, 9.17) is 14.6 Å². The molecule has 20 heavy (non-hydrogen) atoms. The molecule has 0 saturated carbocycles. The van der Waals surface area contributed by atoms with Crippen molar-refractivity contribution in [2.24, 2.45) is 0 Å². The number of hydrogen-bond acceptors (Lipinski definition) is 4. The molecule has 0 bridgehead atoms. The van der Waals surface area contributed by atoms with Crippen molar-refractivity contribution in [3.8, 4) is 11.5 Å². The van der Waals surface area contributed by atoms with Crippen LogP contribution in [0.3, 0.4) is 0 Å². The summed E-state index contributed by atoms with van der Waals surface area (Å²) >= 11 is 0. The number of carbonyl (C=O) groups excluding carboxylic acids is 1. The van der Waals surface area contributed by atoms with Gasteiger partial charge in [0.15, 0.2) is 17.3 Å². The number of hydrogen-bond donors (Lipinski definition) is 1. The highest BCUT2D eigenvalue weighted by Gasteiger charge is 2.12. The van der Waals surface area contributed by atoms with E-state index in [1.165, 1.54) is 7.11 Å². The summed E-state index contributed by atoms with van der Waals surface area (Å²) in [6, 6.07) is 4.99. The van der Waals surface area contributed by atoms with Crippen LogP contribution in [-0.4, -0.2) is 30.1 Å². The van der Waals surface area contributed by atoms with Crippen molar-refractivity contribution in [1.29, 1.82) is 0 Å². The number of ketones is 1. The fourth-order valence-electron chi connectivity index (χ4n) is 1.74. The van der Waals surface area contributed by atoms with Crippen LogP contribution in [-0.2, 0) is 4.79 Å². The molecule has 5 nitrogen and oxygen atoms in total. The van der Waals surface area contributed by atoms with Gasteiger partial charge in [0.25, 0.3) is 0 Å². The van der Waals surface area contributed by atoms with Crippen LogP contribution in [0.5, 0.6) is 11.5 Å². The Bertz CT molecular complexity index is 479. The molecule has 0 saturated heterocycles. The van der Waals surface area contributed by atoms with Crippen molar-refractivity contribution in [2.45, 2.75) is 39.2 Å². The molecule has 0 heterocycles. The predicted octanol–water partition coefficient (Wildman–Crippen LogP) is 2.92. The molecule has 0 radical (unpaired) electrons. The number of rotatable bonds is 8. The van der Waals surface area contributed by atoms with Crippen LogP contribution in [0.2, 0.25) is 0 Å². The van der Waals surface area contributed by atoms with Crippen molar-refractivity contribution in [1.82, 2.24) is 0 Å². The average molecular weight is 280 g/mol. The summed E-state index contributed by atoms with van der Waals surface area (Å²) in [4.78, 5) is 22.4. The van der Waals surface area contributed by atoms with Gasteiger partial charge in [0.1, 0.15) is 0 Å². The zero-order chi connectivity index (χ0) is 15.1. The van der Waals surface area contributed by atoms with Gasteiger partial charge in [-0.15, -0.1) is 0 Å². The lowest BCUT2D eigenvalue weighted by Crippen LogP contribution is -2.08. The Labute approximate surface area is 118 Å². The molecule has 0 atom stereocenters. The maximum atomic E-state index is 11.9. The van der Waals surface area contributed by atoms with E-state index in [1.807, 2.05) is 13.8 Å². The highest BCUT2D eigenvalue weighted by molar-refractivity contribution is 5.96. The first-order chi connectivity index (χ1) is 9.43. The lowest BCUT2D eigenvalue weighted by atomic mass is 10.0. The molecule has 1 N–H and O–H groups in total. The summed E-state index contributed by atoms with van der Waals surface area (Å²) in [6.45, 7) is 3.81. The second-order valence-electron chi connectivity index (χ2n) is 4.70. The zero-order valence-electron chi connectivity index (χ0n) is 12.0. The fraction of sp³-hybridized carbons (Fsp3) is 0.467. The number of aliphatic carboxylic acids is 1. The SMILES string of the molecule is COc1cc(C(=O)CCCC(=O)O)ccc1OC(C)C. The van der Waals surface area contributed by atoms with E-state index in [-0.39, 0.29) is 24.7 Å². The topological polar surface area (TPSA) is 72.8 Å². The standard InChI is InChI=1S/C15H20O5/c1-10(2)20-13-8-7-11(9-14(13)19-3)12(16)5-4-6-15(17)18/h7-10H,4-6H2,1-3H3,(H,17,18). The minimum absolute atomic E-state index is 0.00256. The Hall–Kier alpha value is -2.04. The molecule has 0 unspecified atom stereocenters. The van der Waals surface area contributed by atoms with Crippen LogP contribution in [0, 0.1) is 0 Å². The van der Waals surface area contributed by atoms with Crippen molar-refractivity contribution < 1.29 is 24.2 Å². The molecular weight excluding hydrogens is 260 g/mol. The van der Waals surface area contributed by atoms with Gasteiger partial charge in [0.05, 0.1) is 13.2 Å². The molecule has 1 aromatic rings. The fourth-order valence-corrected chi connectivity index (χ4v) is 1.74. The summed E-state index contributed by atoms with van der Waals surface area (Å²) in [5.41, 5.74) is 0.503. The van der Waals surface area contributed by atoms with Crippen molar-refractivity contribution in [3.05, 3.63) is 23.8 Å². The molecule has 0 aromatic heterocycles. The number of ether oxygens (including phenoxy) is 2. The van der Waals surface area contributed by atoms with Gasteiger partial charge in [-0.1, -0.05) is 0 Å². The highest BCUT2D eigenvalue weighted by atomic mass is 16.5. The van der Waals surface area contributed by atoms with Crippen molar-refractivity contribution in [2.75, 3.05) is 7.11 Å². The highest BCUT2D eigenvalue weighted by Crippen LogP contribution is 2.29. The smallest absolute Gasteiger partial charge is 0.303 e. The Morgan fingerprint density at radius 2 is 1.90 bits per heavy atom. The van der Waals surface area contributed by atoms with Gasteiger partial charge in [0.2, 0.25) is 0 Å². The Morgan fingerprint density at radius 1 is 1.20 bits per heavy atom. The average Bonchev–Trinajstić information content (AvgIpc) is 2.37. The summed E-state index contributed by atoms with van der Waals surface area (Å²) in [7, 11) is 1.52. The number of Topliss-reactive ketones (excluding diaryl/α,β-unsaturated/α-hetero) is 1. The molecule has 0 aliphatic heterocycles. The molecule has 0 amide bonds. The van der Waals surface area contributed by atoms with Gasteiger partial charge in [0, 0.05) is 18.4 Å². The van der Waals surface area contributed by atoms with Gasteiger partial charge < -0.3 is 14.6 Å². The van der Waals surface area contributed by atoms with Crippen LogP contribution in [0.25, 0.3) is 0 Å². The molecular formula is C15H20O5. The quantitative estimate of drug-likeness (QED) is 0.741.